The number of rotatable bonds is 5. The van der Waals surface area contributed by atoms with E-state index < -0.39 is 0 Å². The van der Waals surface area contributed by atoms with E-state index >= 15 is 0 Å². The molecule has 1 aromatic heterocycles. The lowest BCUT2D eigenvalue weighted by Crippen LogP contribution is -2.33. The number of aliphatic hydroxyl groups is 1. The lowest BCUT2D eigenvalue weighted by atomic mass is 10.1. The predicted molar refractivity (Wildman–Crippen MR) is 79.0 cm³/mol. The highest BCUT2D eigenvalue weighted by Crippen LogP contribution is 2.21. The van der Waals surface area contributed by atoms with E-state index in [1.165, 1.54) is 0 Å². The van der Waals surface area contributed by atoms with Gasteiger partial charge < -0.3 is 15.0 Å². The van der Waals surface area contributed by atoms with E-state index in [1.807, 2.05) is 24.5 Å². The smallest absolute Gasteiger partial charge is 0.251 e. The molecule has 0 aliphatic rings. The lowest BCUT2D eigenvalue weighted by Gasteiger charge is -2.12. The highest BCUT2D eigenvalue weighted by molar-refractivity contribution is 6.29. The van der Waals surface area contributed by atoms with Gasteiger partial charge in [0.05, 0.1) is 11.0 Å². The van der Waals surface area contributed by atoms with Crippen LogP contribution in [-0.2, 0) is 6.54 Å². The van der Waals surface area contributed by atoms with Crippen molar-refractivity contribution in [2.75, 3.05) is 6.61 Å². The maximum Gasteiger partial charge on any atom is 0.251 e. The molecule has 1 aromatic carbocycles. The molecule has 0 aliphatic heterocycles. The van der Waals surface area contributed by atoms with E-state index in [0.717, 1.165) is 12.1 Å². The number of nitrogens with zero attached hydrogens (tertiary/aromatic N) is 2. The number of fused-ring (bicyclic) bond motifs is 1. The van der Waals surface area contributed by atoms with Crippen molar-refractivity contribution >= 4 is 28.5 Å². The highest BCUT2D eigenvalue weighted by Gasteiger charge is 2.13. The van der Waals surface area contributed by atoms with Crippen LogP contribution in [0.5, 0.6) is 0 Å². The number of hydrogen-bond donors (Lipinski definition) is 2. The average Bonchev–Trinajstić information content (AvgIpc) is 2.72. The van der Waals surface area contributed by atoms with Gasteiger partial charge in [0, 0.05) is 24.8 Å². The predicted octanol–water partition coefficient (Wildman–Crippen LogP) is 2.21. The Morgan fingerprint density at radius 2 is 2.30 bits per heavy atom. The first-order valence-corrected chi connectivity index (χ1v) is 7.02. The standard InChI is InChI=1S/C14H18ClN3O2/c1-3-18-12-5-4-10(8-11(12)17-14(18)15)13(20)16-9(2)6-7-19/h4-5,8-9,19H,3,6-7H2,1-2H3,(H,16,20). The molecule has 1 amide bonds. The van der Waals surface area contributed by atoms with Crippen LogP contribution in [-0.4, -0.2) is 33.2 Å². The third kappa shape index (κ3) is 2.94. The molecule has 1 heterocycles. The summed E-state index contributed by atoms with van der Waals surface area (Å²) in [7, 11) is 0. The second-order valence-corrected chi connectivity index (χ2v) is 5.05. The molecule has 1 unspecified atom stereocenters. The van der Waals surface area contributed by atoms with Gasteiger partial charge in [-0.2, -0.15) is 0 Å². The maximum atomic E-state index is 12.1. The van der Waals surface area contributed by atoms with Crippen LogP contribution >= 0.6 is 11.6 Å². The molecule has 0 saturated carbocycles. The number of imidazole rings is 1. The van der Waals surface area contributed by atoms with Crippen LogP contribution in [0.25, 0.3) is 11.0 Å². The number of aliphatic hydroxyl groups excluding tert-OH is 1. The summed E-state index contributed by atoms with van der Waals surface area (Å²) in [6.45, 7) is 4.63. The molecule has 2 aromatic rings. The Hall–Kier alpha value is -1.59. The van der Waals surface area contributed by atoms with Crippen molar-refractivity contribution < 1.29 is 9.90 Å². The summed E-state index contributed by atoms with van der Waals surface area (Å²) in [4.78, 5) is 16.3. The largest absolute Gasteiger partial charge is 0.396 e. The van der Waals surface area contributed by atoms with Gasteiger partial charge in [-0.15, -0.1) is 0 Å². The Morgan fingerprint density at radius 3 is 2.95 bits per heavy atom. The van der Waals surface area contributed by atoms with E-state index in [0.29, 0.717) is 22.8 Å². The molecule has 0 aliphatic carbocycles. The second-order valence-electron chi connectivity index (χ2n) is 4.72. The van der Waals surface area contributed by atoms with Crippen molar-refractivity contribution in [3.63, 3.8) is 0 Å². The Bertz CT molecular complexity index is 624. The molecule has 5 nitrogen and oxygen atoms in total. The fourth-order valence-corrected chi connectivity index (χ4v) is 2.42. The number of halogens is 1. The monoisotopic (exact) mass is 295 g/mol. The summed E-state index contributed by atoms with van der Waals surface area (Å²) in [5.41, 5.74) is 2.16. The highest BCUT2D eigenvalue weighted by atomic mass is 35.5. The quantitative estimate of drug-likeness (QED) is 0.889. The second kappa shape index (κ2) is 6.24. The van der Waals surface area contributed by atoms with Gasteiger partial charge in [0.25, 0.3) is 5.91 Å². The Kier molecular flexibility index (Phi) is 4.62. The third-order valence-corrected chi connectivity index (χ3v) is 3.51. The first-order valence-electron chi connectivity index (χ1n) is 6.64. The van der Waals surface area contributed by atoms with E-state index in [1.54, 1.807) is 12.1 Å². The van der Waals surface area contributed by atoms with Crippen LogP contribution < -0.4 is 5.32 Å². The first-order chi connectivity index (χ1) is 9.56. The number of aromatic nitrogens is 2. The van der Waals surface area contributed by atoms with Gasteiger partial charge in [0.1, 0.15) is 0 Å². The van der Waals surface area contributed by atoms with Crippen LogP contribution in [0.4, 0.5) is 0 Å². The van der Waals surface area contributed by atoms with E-state index in [4.69, 9.17) is 16.7 Å². The minimum atomic E-state index is -0.171. The third-order valence-electron chi connectivity index (χ3n) is 3.22. The Balaban J connectivity index is 2.26. The topological polar surface area (TPSA) is 67.2 Å². The van der Waals surface area contributed by atoms with Crippen molar-refractivity contribution in [1.29, 1.82) is 0 Å². The summed E-state index contributed by atoms with van der Waals surface area (Å²) in [6.07, 6.45) is 0.532. The fourth-order valence-electron chi connectivity index (χ4n) is 2.12. The number of benzene rings is 1. The maximum absolute atomic E-state index is 12.1. The number of amides is 1. The lowest BCUT2D eigenvalue weighted by molar-refractivity contribution is 0.0934. The fraction of sp³-hybridized carbons (Fsp3) is 0.429. The Labute approximate surface area is 122 Å². The van der Waals surface area contributed by atoms with Crippen molar-refractivity contribution in [2.45, 2.75) is 32.9 Å². The van der Waals surface area contributed by atoms with Gasteiger partial charge in [0.2, 0.25) is 5.28 Å². The molecule has 20 heavy (non-hydrogen) atoms. The number of nitrogens with one attached hydrogen (secondary N) is 1. The number of carbonyl (C=O) groups is 1. The van der Waals surface area contributed by atoms with Gasteiger partial charge in [-0.05, 0) is 50.1 Å². The normalized spacial score (nSPS) is 12.6. The molecule has 2 N–H and O–H groups in total. The van der Waals surface area contributed by atoms with Crippen molar-refractivity contribution in [2.24, 2.45) is 0 Å². The van der Waals surface area contributed by atoms with Crippen LogP contribution in [0.1, 0.15) is 30.6 Å². The Morgan fingerprint density at radius 1 is 1.55 bits per heavy atom. The van der Waals surface area contributed by atoms with Crippen molar-refractivity contribution in [1.82, 2.24) is 14.9 Å². The number of hydrogen-bond acceptors (Lipinski definition) is 3. The van der Waals surface area contributed by atoms with Crippen LogP contribution in [0.2, 0.25) is 5.28 Å². The number of carbonyl (C=O) groups excluding carboxylic acids is 1. The molecule has 0 spiro atoms. The molecule has 0 saturated heterocycles. The van der Waals surface area contributed by atoms with Crippen LogP contribution in [0.15, 0.2) is 18.2 Å². The van der Waals surface area contributed by atoms with Crippen LogP contribution in [0.3, 0.4) is 0 Å². The summed E-state index contributed by atoms with van der Waals surface area (Å²) in [5, 5.41) is 12.1. The SMILES string of the molecule is CCn1c(Cl)nc2cc(C(=O)NC(C)CCO)ccc21. The molecule has 0 bridgehead atoms. The minimum absolute atomic E-state index is 0.0526. The molecule has 108 valence electrons. The average molecular weight is 296 g/mol. The van der Waals surface area contributed by atoms with Gasteiger partial charge in [-0.3, -0.25) is 4.79 Å². The summed E-state index contributed by atoms with van der Waals surface area (Å²) >= 11 is 6.05. The van der Waals surface area contributed by atoms with Crippen molar-refractivity contribution in [3.8, 4) is 0 Å². The zero-order valence-electron chi connectivity index (χ0n) is 11.6. The zero-order valence-corrected chi connectivity index (χ0v) is 12.3. The molecular weight excluding hydrogens is 278 g/mol. The first kappa shape index (κ1) is 14.8. The van der Waals surface area contributed by atoms with E-state index in [9.17, 15) is 4.79 Å². The molecule has 1 atom stereocenters. The summed E-state index contributed by atoms with van der Waals surface area (Å²) < 4.78 is 1.88. The van der Waals surface area contributed by atoms with Gasteiger partial charge >= 0.3 is 0 Å². The molecule has 0 fully saturated rings. The molecule has 0 radical (unpaired) electrons. The molecule has 6 heteroatoms. The molecular formula is C14H18ClN3O2. The minimum Gasteiger partial charge on any atom is -0.396 e. The van der Waals surface area contributed by atoms with Crippen LogP contribution in [0, 0.1) is 0 Å². The van der Waals surface area contributed by atoms with E-state index in [-0.39, 0.29) is 18.6 Å². The van der Waals surface area contributed by atoms with Gasteiger partial charge in [0.15, 0.2) is 0 Å². The number of aryl methyl sites for hydroxylation is 1. The summed E-state index contributed by atoms with van der Waals surface area (Å²) in [6, 6.07) is 5.27. The van der Waals surface area contributed by atoms with Gasteiger partial charge in [-0.25, -0.2) is 4.98 Å². The zero-order chi connectivity index (χ0) is 14.7. The summed E-state index contributed by atoms with van der Waals surface area (Å²) in [5.74, 6) is -0.171. The molecule has 2 rings (SSSR count). The van der Waals surface area contributed by atoms with E-state index in [2.05, 4.69) is 10.3 Å². The van der Waals surface area contributed by atoms with Crippen molar-refractivity contribution in [3.05, 3.63) is 29.0 Å². The van der Waals surface area contributed by atoms with Gasteiger partial charge in [-0.1, -0.05) is 0 Å².